The normalized spacial score (nSPS) is 9.50. The second-order valence-electron chi connectivity index (χ2n) is 3.97. The van der Waals surface area contributed by atoms with Gasteiger partial charge in [0.2, 0.25) is 0 Å². The Morgan fingerprint density at radius 2 is 2.20 bits per heavy atom. The van der Waals surface area contributed by atoms with Gasteiger partial charge in [-0.05, 0) is 29.6 Å². The summed E-state index contributed by atoms with van der Waals surface area (Å²) in [7, 11) is 1.62. The Balaban J connectivity index is 2.31. The SMILES string of the molecule is COc1ccc(-c2cccs2)c(C#CCOC(C)=O)c1. The molecule has 0 bridgehead atoms. The lowest BCUT2D eigenvalue weighted by Crippen LogP contribution is -1.97. The van der Waals surface area contributed by atoms with Crippen molar-refractivity contribution in [2.75, 3.05) is 13.7 Å². The highest BCUT2D eigenvalue weighted by Crippen LogP contribution is 2.30. The van der Waals surface area contributed by atoms with E-state index < -0.39 is 0 Å². The summed E-state index contributed by atoms with van der Waals surface area (Å²) >= 11 is 1.65. The molecule has 102 valence electrons. The van der Waals surface area contributed by atoms with Crippen LogP contribution in [0.3, 0.4) is 0 Å². The van der Waals surface area contributed by atoms with Crippen molar-refractivity contribution in [1.82, 2.24) is 0 Å². The monoisotopic (exact) mass is 286 g/mol. The lowest BCUT2D eigenvalue weighted by Gasteiger charge is -2.05. The maximum absolute atomic E-state index is 10.7. The highest BCUT2D eigenvalue weighted by molar-refractivity contribution is 7.13. The van der Waals surface area contributed by atoms with E-state index in [4.69, 9.17) is 9.47 Å². The third-order valence-corrected chi connectivity index (χ3v) is 3.49. The van der Waals surface area contributed by atoms with Crippen LogP contribution in [0.2, 0.25) is 0 Å². The van der Waals surface area contributed by atoms with Gasteiger partial charge in [-0.15, -0.1) is 11.3 Å². The molecule has 0 aliphatic rings. The van der Waals surface area contributed by atoms with Gasteiger partial charge in [0.25, 0.3) is 0 Å². The highest BCUT2D eigenvalue weighted by Gasteiger charge is 2.06. The second-order valence-corrected chi connectivity index (χ2v) is 4.92. The summed E-state index contributed by atoms with van der Waals surface area (Å²) in [4.78, 5) is 11.8. The minimum absolute atomic E-state index is 0.0937. The average molecular weight is 286 g/mol. The number of methoxy groups -OCH3 is 1. The Morgan fingerprint density at radius 3 is 2.85 bits per heavy atom. The van der Waals surface area contributed by atoms with E-state index in [0.717, 1.165) is 21.8 Å². The van der Waals surface area contributed by atoms with Gasteiger partial charge in [-0.25, -0.2) is 0 Å². The number of carbonyl (C=O) groups excluding carboxylic acids is 1. The van der Waals surface area contributed by atoms with Crippen LogP contribution in [0.1, 0.15) is 12.5 Å². The molecule has 1 aromatic carbocycles. The number of rotatable bonds is 3. The number of hydrogen-bond acceptors (Lipinski definition) is 4. The third kappa shape index (κ3) is 3.62. The molecule has 0 saturated carbocycles. The molecule has 0 fully saturated rings. The quantitative estimate of drug-likeness (QED) is 0.641. The zero-order valence-corrected chi connectivity index (χ0v) is 12.1. The van der Waals surface area contributed by atoms with Crippen molar-refractivity contribution < 1.29 is 14.3 Å². The van der Waals surface area contributed by atoms with Gasteiger partial charge in [0.15, 0.2) is 6.61 Å². The van der Waals surface area contributed by atoms with Crippen LogP contribution >= 0.6 is 11.3 Å². The van der Waals surface area contributed by atoms with Crippen LogP contribution in [0, 0.1) is 11.8 Å². The third-order valence-electron chi connectivity index (χ3n) is 2.58. The van der Waals surface area contributed by atoms with Crippen molar-refractivity contribution in [3.8, 4) is 28.0 Å². The Morgan fingerprint density at radius 1 is 1.35 bits per heavy atom. The first-order valence-corrected chi connectivity index (χ1v) is 6.93. The van der Waals surface area contributed by atoms with E-state index in [2.05, 4.69) is 11.8 Å². The highest BCUT2D eigenvalue weighted by atomic mass is 32.1. The molecule has 0 saturated heterocycles. The molecule has 0 N–H and O–H groups in total. The predicted octanol–water partition coefficient (Wildman–Crippen LogP) is 3.34. The zero-order chi connectivity index (χ0) is 14.4. The van der Waals surface area contributed by atoms with Gasteiger partial charge < -0.3 is 9.47 Å². The van der Waals surface area contributed by atoms with Crippen LogP contribution in [-0.2, 0) is 9.53 Å². The van der Waals surface area contributed by atoms with E-state index >= 15 is 0 Å². The Bertz CT molecular complexity index is 648. The van der Waals surface area contributed by atoms with Crippen molar-refractivity contribution in [1.29, 1.82) is 0 Å². The number of hydrogen-bond donors (Lipinski definition) is 0. The fourth-order valence-corrected chi connectivity index (χ4v) is 2.44. The summed E-state index contributed by atoms with van der Waals surface area (Å²) in [6.45, 7) is 1.46. The van der Waals surface area contributed by atoms with E-state index in [-0.39, 0.29) is 12.6 Å². The van der Waals surface area contributed by atoms with E-state index in [1.54, 1.807) is 18.4 Å². The van der Waals surface area contributed by atoms with Gasteiger partial charge in [0.1, 0.15) is 5.75 Å². The van der Waals surface area contributed by atoms with E-state index in [1.807, 2.05) is 35.7 Å². The standard InChI is InChI=1S/C16H14O3S/c1-12(17)19-9-3-5-13-11-14(18-2)7-8-15(13)16-6-4-10-20-16/h4,6-8,10-11H,9H2,1-2H3. The Kier molecular flexibility index (Phi) is 4.80. The molecule has 3 nitrogen and oxygen atoms in total. The maximum atomic E-state index is 10.7. The number of esters is 1. The van der Waals surface area contributed by atoms with Gasteiger partial charge in [-0.3, -0.25) is 4.79 Å². The molecule has 0 spiro atoms. The molecule has 1 aromatic heterocycles. The van der Waals surface area contributed by atoms with Gasteiger partial charge in [-0.1, -0.05) is 17.9 Å². The molecule has 0 unspecified atom stereocenters. The topological polar surface area (TPSA) is 35.5 Å². The summed E-state index contributed by atoms with van der Waals surface area (Å²) in [6.07, 6.45) is 0. The molecule has 0 aliphatic heterocycles. The number of thiophene rings is 1. The van der Waals surface area contributed by atoms with E-state index in [0.29, 0.717) is 0 Å². The van der Waals surface area contributed by atoms with Gasteiger partial charge in [0.05, 0.1) is 7.11 Å². The minimum atomic E-state index is -0.330. The van der Waals surface area contributed by atoms with Crippen LogP contribution in [0.15, 0.2) is 35.7 Å². The summed E-state index contributed by atoms with van der Waals surface area (Å²) in [5, 5.41) is 2.02. The van der Waals surface area contributed by atoms with Crippen LogP contribution in [0.4, 0.5) is 0 Å². The molecule has 2 rings (SSSR count). The lowest BCUT2D eigenvalue weighted by atomic mass is 10.1. The summed E-state index contributed by atoms with van der Waals surface area (Å²) < 4.78 is 10.0. The minimum Gasteiger partial charge on any atom is -0.497 e. The second kappa shape index (κ2) is 6.78. The van der Waals surface area contributed by atoms with Crippen molar-refractivity contribution in [3.05, 3.63) is 41.3 Å². The fraction of sp³-hybridized carbons (Fsp3) is 0.188. The molecule has 0 aliphatic carbocycles. The molecular weight excluding hydrogens is 272 g/mol. The molecule has 0 radical (unpaired) electrons. The molecule has 2 aromatic rings. The van der Waals surface area contributed by atoms with Crippen molar-refractivity contribution >= 4 is 17.3 Å². The molecule has 20 heavy (non-hydrogen) atoms. The van der Waals surface area contributed by atoms with E-state index in [9.17, 15) is 4.79 Å². The van der Waals surface area contributed by atoms with Gasteiger partial charge in [-0.2, -0.15) is 0 Å². The molecule has 1 heterocycles. The van der Waals surface area contributed by atoms with Gasteiger partial charge >= 0.3 is 5.97 Å². The average Bonchev–Trinajstić information content (AvgIpc) is 2.97. The van der Waals surface area contributed by atoms with Crippen molar-refractivity contribution in [3.63, 3.8) is 0 Å². The molecule has 0 amide bonds. The Labute approximate surface area is 122 Å². The first kappa shape index (κ1) is 14.2. The molecule has 0 atom stereocenters. The van der Waals surface area contributed by atoms with Crippen LogP contribution in [0.25, 0.3) is 10.4 Å². The smallest absolute Gasteiger partial charge is 0.303 e. The number of carbonyl (C=O) groups is 1. The van der Waals surface area contributed by atoms with E-state index in [1.165, 1.54) is 6.92 Å². The number of benzene rings is 1. The Hall–Kier alpha value is -2.25. The first-order valence-electron chi connectivity index (χ1n) is 6.05. The molecule has 4 heteroatoms. The van der Waals surface area contributed by atoms with Crippen LogP contribution < -0.4 is 4.74 Å². The molecular formula is C16H14O3S. The predicted molar refractivity (Wildman–Crippen MR) is 79.8 cm³/mol. The van der Waals surface area contributed by atoms with Crippen molar-refractivity contribution in [2.24, 2.45) is 0 Å². The van der Waals surface area contributed by atoms with Gasteiger partial charge in [0, 0.05) is 22.9 Å². The van der Waals surface area contributed by atoms with Crippen molar-refractivity contribution in [2.45, 2.75) is 6.92 Å². The van der Waals surface area contributed by atoms with Crippen LogP contribution in [-0.4, -0.2) is 19.7 Å². The maximum Gasteiger partial charge on any atom is 0.303 e. The van der Waals surface area contributed by atoms with Crippen LogP contribution in [0.5, 0.6) is 5.75 Å². The summed E-state index contributed by atoms with van der Waals surface area (Å²) in [5.74, 6) is 6.30. The first-order chi connectivity index (χ1) is 9.70. The zero-order valence-electron chi connectivity index (χ0n) is 11.3. The fourth-order valence-electron chi connectivity index (χ4n) is 1.67. The summed E-state index contributed by atoms with van der Waals surface area (Å²) in [5.41, 5.74) is 1.91. The lowest BCUT2D eigenvalue weighted by molar-refractivity contribution is -0.139. The summed E-state index contributed by atoms with van der Waals surface area (Å²) in [6, 6.07) is 9.83. The number of ether oxygens (including phenoxy) is 2. The largest absolute Gasteiger partial charge is 0.497 e.